The van der Waals surface area contributed by atoms with Gasteiger partial charge in [-0.15, -0.1) is 0 Å². The van der Waals surface area contributed by atoms with Gasteiger partial charge in [-0.25, -0.2) is 0 Å². The van der Waals surface area contributed by atoms with Crippen LogP contribution in [0.3, 0.4) is 0 Å². The van der Waals surface area contributed by atoms with Crippen molar-refractivity contribution >= 4 is 0 Å². The number of rotatable bonds is 5. The van der Waals surface area contributed by atoms with Gasteiger partial charge in [0.1, 0.15) is 0 Å². The zero-order chi connectivity index (χ0) is 9.10. The van der Waals surface area contributed by atoms with Crippen molar-refractivity contribution in [3.63, 3.8) is 0 Å². The summed E-state index contributed by atoms with van der Waals surface area (Å²) >= 11 is 0. The summed E-state index contributed by atoms with van der Waals surface area (Å²) in [6.45, 7) is 1.99. The van der Waals surface area contributed by atoms with Gasteiger partial charge in [0.15, 0.2) is 0 Å². The molecule has 0 radical (unpaired) electrons. The lowest BCUT2D eigenvalue weighted by Crippen LogP contribution is -2.48. The molecule has 0 saturated heterocycles. The van der Waals surface area contributed by atoms with Gasteiger partial charge in [0.2, 0.25) is 0 Å². The Morgan fingerprint density at radius 1 is 1.54 bits per heavy atom. The molecular weight excluding hydrogens is 162 g/mol. The van der Waals surface area contributed by atoms with E-state index in [0.717, 1.165) is 37.5 Å². The molecule has 0 spiro atoms. The summed E-state index contributed by atoms with van der Waals surface area (Å²) in [6.07, 6.45) is 8.56. The molecule has 2 nitrogen and oxygen atoms in total. The third-order valence-electron chi connectivity index (χ3n) is 3.29. The van der Waals surface area contributed by atoms with E-state index in [1.165, 1.54) is 12.8 Å². The van der Waals surface area contributed by atoms with Crippen LogP contribution in [0, 0.1) is 11.8 Å². The van der Waals surface area contributed by atoms with E-state index in [2.05, 4.69) is 17.5 Å². The van der Waals surface area contributed by atoms with Crippen molar-refractivity contribution in [2.75, 3.05) is 20.3 Å². The summed E-state index contributed by atoms with van der Waals surface area (Å²) in [7, 11) is 1.76. The second-order valence-corrected chi connectivity index (χ2v) is 4.14. The standard InChI is InChI=1S/C11H19NO/c1-13-7-3-6-12-11-8-9-4-2-5-10(9)11/h2,5,9-12H,3-4,6-8H2,1H3. The molecule has 0 amide bonds. The molecular formula is C11H19NO. The molecule has 0 aliphatic heterocycles. The Hall–Kier alpha value is -0.340. The first kappa shape index (κ1) is 9.22. The SMILES string of the molecule is COCCCNC1CC2CC=CC21. The van der Waals surface area contributed by atoms with Crippen LogP contribution >= 0.6 is 0 Å². The smallest absolute Gasteiger partial charge is 0.0474 e. The summed E-state index contributed by atoms with van der Waals surface area (Å²) in [6, 6.07) is 0.764. The van der Waals surface area contributed by atoms with Crippen LogP contribution in [-0.2, 0) is 4.74 Å². The molecule has 0 aromatic carbocycles. The van der Waals surface area contributed by atoms with Gasteiger partial charge in [-0.05, 0) is 37.6 Å². The van der Waals surface area contributed by atoms with Crippen molar-refractivity contribution in [2.45, 2.75) is 25.3 Å². The summed E-state index contributed by atoms with van der Waals surface area (Å²) in [5, 5.41) is 3.59. The van der Waals surface area contributed by atoms with Crippen molar-refractivity contribution in [3.05, 3.63) is 12.2 Å². The third kappa shape index (κ3) is 1.94. The number of nitrogens with one attached hydrogen (secondary N) is 1. The van der Waals surface area contributed by atoms with Crippen LogP contribution in [0.25, 0.3) is 0 Å². The number of fused-ring (bicyclic) bond motifs is 1. The van der Waals surface area contributed by atoms with Gasteiger partial charge in [0.05, 0.1) is 0 Å². The fourth-order valence-electron chi connectivity index (χ4n) is 2.45. The number of hydrogen-bond donors (Lipinski definition) is 1. The van der Waals surface area contributed by atoms with Crippen molar-refractivity contribution in [2.24, 2.45) is 11.8 Å². The second-order valence-electron chi connectivity index (χ2n) is 4.14. The first-order valence-corrected chi connectivity index (χ1v) is 5.31. The number of hydrogen-bond acceptors (Lipinski definition) is 2. The van der Waals surface area contributed by atoms with Gasteiger partial charge in [-0.1, -0.05) is 12.2 Å². The van der Waals surface area contributed by atoms with Crippen molar-refractivity contribution in [1.82, 2.24) is 5.32 Å². The predicted octanol–water partition coefficient (Wildman–Crippen LogP) is 1.58. The Morgan fingerprint density at radius 3 is 3.23 bits per heavy atom. The number of allylic oxidation sites excluding steroid dienone is 1. The maximum Gasteiger partial charge on any atom is 0.0474 e. The summed E-state index contributed by atoms with van der Waals surface area (Å²) in [5.74, 6) is 1.82. The minimum Gasteiger partial charge on any atom is -0.385 e. The van der Waals surface area contributed by atoms with Crippen molar-refractivity contribution in [1.29, 1.82) is 0 Å². The Balaban J connectivity index is 1.59. The van der Waals surface area contributed by atoms with E-state index < -0.39 is 0 Å². The van der Waals surface area contributed by atoms with Crippen LogP contribution in [0.4, 0.5) is 0 Å². The fraction of sp³-hybridized carbons (Fsp3) is 0.818. The molecule has 3 atom stereocenters. The van der Waals surface area contributed by atoms with E-state index >= 15 is 0 Å². The summed E-state index contributed by atoms with van der Waals surface area (Å²) < 4.78 is 5.01. The number of ether oxygens (including phenoxy) is 1. The molecule has 2 rings (SSSR count). The largest absolute Gasteiger partial charge is 0.385 e. The lowest BCUT2D eigenvalue weighted by Gasteiger charge is -2.40. The van der Waals surface area contributed by atoms with Crippen molar-refractivity contribution in [3.8, 4) is 0 Å². The van der Waals surface area contributed by atoms with E-state index in [9.17, 15) is 0 Å². The van der Waals surface area contributed by atoms with E-state index in [-0.39, 0.29) is 0 Å². The highest BCUT2D eigenvalue weighted by Crippen LogP contribution is 2.42. The lowest BCUT2D eigenvalue weighted by molar-refractivity contribution is 0.152. The maximum absolute atomic E-state index is 5.01. The molecule has 2 aliphatic rings. The van der Waals surface area contributed by atoms with Gasteiger partial charge >= 0.3 is 0 Å². The van der Waals surface area contributed by atoms with Gasteiger partial charge in [0.25, 0.3) is 0 Å². The quantitative estimate of drug-likeness (QED) is 0.513. The summed E-state index contributed by atoms with van der Waals surface area (Å²) in [4.78, 5) is 0. The lowest BCUT2D eigenvalue weighted by atomic mass is 9.71. The summed E-state index contributed by atoms with van der Waals surface area (Å²) in [5.41, 5.74) is 0. The minimum atomic E-state index is 0.764. The minimum absolute atomic E-state index is 0.764. The highest BCUT2D eigenvalue weighted by Gasteiger charge is 2.40. The van der Waals surface area contributed by atoms with E-state index in [4.69, 9.17) is 4.74 Å². The zero-order valence-electron chi connectivity index (χ0n) is 8.33. The van der Waals surface area contributed by atoms with Crippen LogP contribution in [0.5, 0.6) is 0 Å². The van der Waals surface area contributed by atoms with Crippen LogP contribution in [-0.4, -0.2) is 26.3 Å². The van der Waals surface area contributed by atoms with Crippen molar-refractivity contribution < 1.29 is 4.74 Å². The normalized spacial score (nSPS) is 35.9. The van der Waals surface area contributed by atoms with Crippen LogP contribution in [0.15, 0.2) is 12.2 Å². The van der Waals surface area contributed by atoms with Crippen LogP contribution < -0.4 is 5.32 Å². The third-order valence-corrected chi connectivity index (χ3v) is 3.29. The van der Waals surface area contributed by atoms with E-state index in [0.29, 0.717) is 0 Å². The topological polar surface area (TPSA) is 21.3 Å². The molecule has 2 aliphatic carbocycles. The molecule has 0 heterocycles. The maximum atomic E-state index is 5.01. The molecule has 0 aromatic rings. The predicted molar refractivity (Wildman–Crippen MR) is 53.6 cm³/mol. The Bertz CT molecular complexity index is 191. The highest BCUT2D eigenvalue weighted by atomic mass is 16.5. The fourth-order valence-corrected chi connectivity index (χ4v) is 2.45. The van der Waals surface area contributed by atoms with Gasteiger partial charge in [-0.3, -0.25) is 0 Å². The molecule has 2 heteroatoms. The molecule has 74 valence electrons. The molecule has 0 bridgehead atoms. The number of methoxy groups -OCH3 is 1. The zero-order valence-corrected chi connectivity index (χ0v) is 8.33. The highest BCUT2D eigenvalue weighted by molar-refractivity contribution is 5.12. The van der Waals surface area contributed by atoms with E-state index in [1.54, 1.807) is 7.11 Å². The molecule has 1 fully saturated rings. The van der Waals surface area contributed by atoms with Gasteiger partial charge in [0, 0.05) is 19.8 Å². The van der Waals surface area contributed by atoms with Gasteiger partial charge in [-0.2, -0.15) is 0 Å². The van der Waals surface area contributed by atoms with Crippen LogP contribution in [0.1, 0.15) is 19.3 Å². The molecule has 1 saturated carbocycles. The molecule has 1 N–H and O–H groups in total. The average molecular weight is 181 g/mol. The van der Waals surface area contributed by atoms with E-state index in [1.807, 2.05) is 0 Å². The monoisotopic (exact) mass is 181 g/mol. The average Bonchev–Trinajstić information content (AvgIpc) is 2.47. The van der Waals surface area contributed by atoms with Crippen LogP contribution in [0.2, 0.25) is 0 Å². The Morgan fingerprint density at radius 2 is 2.46 bits per heavy atom. The molecule has 0 aromatic heterocycles. The first-order valence-electron chi connectivity index (χ1n) is 5.31. The first-order chi connectivity index (χ1) is 6.42. The second kappa shape index (κ2) is 4.25. The molecule has 13 heavy (non-hydrogen) atoms. The van der Waals surface area contributed by atoms with Gasteiger partial charge < -0.3 is 10.1 Å². The Labute approximate surface area is 80.4 Å². The molecule has 3 unspecified atom stereocenters. The Kier molecular flexibility index (Phi) is 3.01.